The van der Waals surface area contributed by atoms with Crippen molar-refractivity contribution in [3.8, 4) is 0 Å². The van der Waals surface area contributed by atoms with Gasteiger partial charge in [0.25, 0.3) is 0 Å². The summed E-state index contributed by atoms with van der Waals surface area (Å²) in [6.45, 7) is 1.52. The Bertz CT molecular complexity index is 893. The first-order valence-corrected chi connectivity index (χ1v) is 9.49. The largest absolute Gasteiger partial charge is 0.367 e. The lowest BCUT2D eigenvalue weighted by Crippen LogP contribution is -2.13. The maximum atomic E-state index is 4.32. The Balaban J connectivity index is 1.20. The van der Waals surface area contributed by atoms with Gasteiger partial charge in [-0.3, -0.25) is 10.2 Å². The fourth-order valence-corrected chi connectivity index (χ4v) is 3.10. The topological polar surface area (TPSA) is 81.4 Å². The van der Waals surface area contributed by atoms with Crippen molar-refractivity contribution in [3.63, 3.8) is 0 Å². The van der Waals surface area contributed by atoms with Gasteiger partial charge in [0.2, 0.25) is 0 Å². The second-order valence-electron chi connectivity index (χ2n) is 6.74. The zero-order valence-electron chi connectivity index (χ0n) is 15.7. The summed E-state index contributed by atoms with van der Waals surface area (Å²) in [5.41, 5.74) is 4.73. The van der Waals surface area contributed by atoms with E-state index in [0.717, 1.165) is 49.0 Å². The minimum Gasteiger partial charge on any atom is -0.367 e. The van der Waals surface area contributed by atoms with Crippen LogP contribution in [0.5, 0.6) is 0 Å². The summed E-state index contributed by atoms with van der Waals surface area (Å²) in [4.78, 5) is 0. The van der Waals surface area contributed by atoms with E-state index < -0.39 is 0 Å². The first-order valence-electron chi connectivity index (χ1n) is 9.49. The van der Waals surface area contributed by atoms with Crippen LogP contribution in [-0.4, -0.2) is 33.5 Å². The number of aromatic amines is 2. The molecule has 0 atom stereocenters. The Hall–Kier alpha value is -3.54. The molecule has 0 aliphatic rings. The summed E-state index contributed by atoms with van der Waals surface area (Å²) < 4.78 is 0. The third-order valence-electron chi connectivity index (χ3n) is 4.47. The summed E-state index contributed by atoms with van der Waals surface area (Å²) in [6.07, 6.45) is 1.70. The summed E-state index contributed by atoms with van der Waals surface area (Å²) in [5.74, 6) is 1.72. The van der Waals surface area contributed by atoms with Gasteiger partial charge in [-0.25, -0.2) is 0 Å². The Morgan fingerprint density at radius 1 is 0.607 bits per heavy atom. The molecular weight excluding hydrogens is 348 g/mol. The molecule has 4 aromatic rings. The number of hydrogen-bond acceptors (Lipinski definition) is 4. The van der Waals surface area contributed by atoms with Gasteiger partial charge in [0, 0.05) is 49.5 Å². The minimum atomic E-state index is 0.760. The van der Waals surface area contributed by atoms with Gasteiger partial charge in [-0.1, -0.05) is 60.7 Å². The quantitative estimate of drug-likeness (QED) is 0.337. The Morgan fingerprint density at radius 3 is 1.46 bits per heavy atom. The normalized spacial score (nSPS) is 10.7. The molecule has 4 rings (SSSR count). The van der Waals surface area contributed by atoms with Gasteiger partial charge < -0.3 is 10.6 Å². The van der Waals surface area contributed by atoms with Crippen LogP contribution in [0.15, 0.2) is 72.8 Å². The highest BCUT2D eigenvalue weighted by Gasteiger charge is 2.04. The fraction of sp³-hybridized carbons (Fsp3) is 0.182. The zero-order chi connectivity index (χ0) is 19.0. The standard InChI is InChI=1S/C22H24N6/c1-3-7-17(8-4-1)13-19-15-21(27-25-19)23-11-12-24-22-16-20(26-28-22)14-18-9-5-2-6-10-18/h1-10,15-16H,11-14H2,(H2,23,25,27)(H2,24,26,28). The predicted octanol–water partition coefficient (Wildman–Crippen LogP) is 3.84. The van der Waals surface area contributed by atoms with Crippen molar-refractivity contribution < 1.29 is 0 Å². The predicted molar refractivity (Wildman–Crippen MR) is 113 cm³/mol. The highest BCUT2D eigenvalue weighted by molar-refractivity contribution is 5.39. The van der Waals surface area contributed by atoms with Crippen molar-refractivity contribution in [2.24, 2.45) is 0 Å². The van der Waals surface area contributed by atoms with Crippen LogP contribution >= 0.6 is 0 Å². The summed E-state index contributed by atoms with van der Waals surface area (Å²) in [6, 6.07) is 24.9. The molecule has 0 bridgehead atoms. The smallest absolute Gasteiger partial charge is 0.148 e. The lowest BCUT2D eigenvalue weighted by atomic mass is 10.1. The van der Waals surface area contributed by atoms with Crippen LogP contribution in [0.2, 0.25) is 0 Å². The first-order chi connectivity index (χ1) is 13.8. The molecule has 0 saturated carbocycles. The molecule has 2 aromatic heterocycles. The van der Waals surface area contributed by atoms with Gasteiger partial charge in [0.15, 0.2) is 0 Å². The van der Waals surface area contributed by atoms with Crippen molar-refractivity contribution >= 4 is 11.6 Å². The van der Waals surface area contributed by atoms with Gasteiger partial charge >= 0.3 is 0 Å². The average Bonchev–Trinajstić information content (AvgIpc) is 3.36. The van der Waals surface area contributed by atoms with Gasteiger partial charge in [-0.2, -0.15) is 10.2 Å². The van der Waals surface area contributed by atoms with E-state index in [4.69, 9.17) is 0 Å². The van der Waals surface area contributed by atoms with Crippen molar-refractivity contribution in [2.75, 3.05) is 23.7 Å². The van der Waals surface area contributed by atoms with Crippen LogP contribution in [-0.2, 0) is 12.8 Å². The number of aromatic nitrogens is 4. The minimum absolute atomic E-state index is 0.760. The number of hydrogen-bond donors (Lipinski definition) is 4. The second kappa shape index (κ2) is 8.90. The number of benzene rings is 2. The molecule has 0 fully saturated rings. The van der Waals surface area contributed by atoms with E-state index in [9.17, 15) is 0 Å². The van der Waals surface area contributed by atoms with Gasteiger partial charge in [-0.05, 0) is 11.1 Å². The van der Waals surface area contributed by atoms with Gasteiger partial charge in [-0.15, -0.1) is 0 Å². The third-order valence-corrected chi connectivity index (χ3v) is 4.47. The molecule has 0 aliphatic heterocycles. The molecular formula is C22H24N6. The molecule has 4 N–H and O–H groups in total. The van der Waals surface area contributed by atoms with Crippen LogP contribution in [0.4, 0.5) is 11.6 Å². The van der Waals surface area contributed by atoms with Crippen molar-refractivity contribution in [1.29, 1.82) is 0 Å². The van der Waals surface area contributed by atoms with E-state index in [1.165, 1.54) is 11.1 Å². The molecule has 28 heavy (non-hydrogen) atoms. The Morgan fingerprint density at radius 2 is 1.04 bits per heavy atom. The molecule has 0 spiro atoms. The summed E-state index contributed by atoms with van der Waals surface area (Å²) >= 11 is 0. The second-order valence-corrected chi connectivity index (χ2v) is 6.74. The molecule has 0 unspecified atom stereocenters. The highest BCUT2D eigenvalue weighted by atomic mass is 15.2. The maximum Gasteiger partial charge on any atom is 0.148 e. The first kappa shape index (κ1) is 17.9. The highest BCUT2D eigenvalue weighted by Crippen LogP contribution is 2.12. The van der Waals surface area contributed by atoms with E-state index in [1.54, 1.807) is 0 Å². The maximum absolute atomic E-state index is 4.32. The van der Waals surface area contributed by atoms with Crippen molar-refractivity contribution in [2.45, 2.75) is 12.8 Å². The molecule has 2 aromatic carbocycles. The molecule has 2 heterocycles. The molecule has 0 radical (unpaired) electrons. The molecule has 0 saturated heterocycles. The van der Waals surface area contributed by atoms with E-state index >= 15 is 0 Å². The number of nitrogens with one attached hydrogen (secondary N) is 4. The van der Waals surface area contributed by atoms with Crippen LogP contribution in [0.25, 0.3) is 0 Å². The van der Waals surface area contributed by atoms with Crippen LogP contribution in [0.1, 0.15) is 22.5 Å². The number of nitrogens with zero attached hydrogens (tertiary/aromatic N) is 2. The lowest BCUT2D eigenvalue weighted by molar-refractivity contribution is 0.974. The van der Waals surface area contributed by atoms with Crippen molar-refractivity contribution in [3.05, 3.63) is 95.3 Å². The molecule has 0 amide bonds. The lowest BCUT2D eigenvalue weighted by Gasteiger charge is -2.03. The Kier molecular flexibility index (Phi) is 5.68. The SMILES string of the molecule is c1ccc(Cc2cc(NCCNc3cc(Cc4ccccc4)[nH]n3)n[nH]2)cc1. The van der Waals surface area contributed by atoms with Crippen LogP contribution in [0.3, 0.4) is 0 Å². The third kappa shape index (κ3) is 5.01. The molecule has 0 aliphatic carbocycles. The summed E-state index contributed by atoms with van der Waals surface area (Å²) in [5, 5.41) is 21.5. The van der Waals surface area contributed by atoms with E-state index in [2.05, 4.69) is 91.7 Å². The van der Waals surface area contributed by atoms with Crippen LogP contribution < -0.4 is 10.6 Å². The Labute approximate surface area is 164 Å². The number of rotatable bonds is 9. The summed E-state index contributed by atoms with van der Waals surface area (Å²) in [7, 11) is 0. The molecule has 6 heteroatoms. The fourth-order valence-electron chi connectivity index (χ4n) is 3.10. The van der Waals surface area contributed by atoms with Crippen molar-refractivity contribution in [1.82, 2.24) is 20.4 Å². The van der Waals surface area contributed by atoms with E-state index in [-0.39, 0.29) is 0 Å². The average molecular weight is 372 g/mol. The van der Waals surface area contributed by atoms with Gasteiger partial charge in [0.1, 0.15) is 11.6 Å². The van der Waals surface area contributed by atoms with E-state index in [0.29, 0.717) is 0 Å². The van der Waals surface area contributed by atoms with E-state index in [1.807, 2.05) is 12.1 Å². The number of H-pyrrole nitrogens is 2. The molecule has 6 nitrogen and oxygen atoms in total. The zero-order valence-corrected chi connectivity index (χ0v) is 15.7. The monoisotopic (exact) mass is 372 g/mol. The number of anilines is 2. The molecule has 142 valence electrons. The van der Waals surface area contributed by atoms with Gasteiger partial charge in [0.05, 0.1) is 0 Å². The van der Waals surface area contributed by atoms with Crippen LogP contribution in [0, 0.1) is 0 Å².